The number of pyridine rings is 2. The number of hydrogen-bond acceptors (Lipinski definition) is 7. The summed E-state index contributed by atoms with van der Waals surface area (Å²) in [6.45, 7) is 0. The number of anilines is 1. The first-order valence-corrected chi connectivity index (χ1v) is 9.50. The Labute approximate surface area is 170 Å². The zero-order valence-electron chi connectivity index (χ0n) is 15.8. The molecule has 0 fully saturated rings. The van der Waals surface area contributed by atoms with Gasteiger partial charge < -0.3 is 20.9 Å². The number of amides is 1. The van der Waals surface area contributed by atoms with E-state index in [0.29, 0.717) is 33.1 Å². The van der Waals surface area contributed by atoms with Gasteiger partial charge in [-0.3, -0.25) is 9.78 Å². The third-order valence-corrected chi connectivity index (χ3v) is 5.69. The number of rotatable bonds is 5. The molecular formula is C21H18N4O3S. The lowest BCUT2D eigenvalue weighted by Crippen LogP contribution is -2.10. The van der Waals surface area contributed by atoms with E-state index in [4.69, 9.17) is 25.9 Å². The van der Waals surface area contributed by atoms with Crippen molar-refractivity contribution in [1.29, 1.82) is 0 Å². The molecule has 0 aliphatic heterocycles. The Morgan fingerprint density at radius 1 is 1.07 bits per heavy atom. The summed E-state index contributed by atoms with van der Waals surface area (Å²) in [6.07, 6.45) is 3.43. The van der Waals surface area contributed by atoms with Crippen molar-refractivity contribution in [3.05, 3.63) is 53.7 Å². The Kier molecular flexibility index (Phi) is 4.77. The number of carbonyl (C=O) groups is 1. The molecule has 0 aliphatic carbocycles. The lowest BCUT2D eigenvalue weighted by molar-refractivity contribution is 0.100. The second kappa shape index (κ2) is 7.40. The Morgan fingerprint density at radius 3 is 2.52 bits per heavy atom. The van der Waals surface area contributed by atoms with Crippen LogP contribution >= 0.6 is 11.3 Å². The number of aromatic nitrogens is 2. The first-order chi connectivity index (χ1) is 14.0. The van der Waals surface area contributed by atoms with Crippen molar-refractivity contribution in [2.75, 3.05) is 20.0 Å². The standard InChI is InChI=1S/C21H18N4O3S/c1-27-15-6-5-11(8-16(15)28-2)13-9-14(12-4-3-7-24-10-12)25-21-17(13)18(22)19(29-21)20(23)26/h3-10H,22H2,1-2H3,(H2,23,26). The van der Waals surface area contributed by atoms with E-state index in [9.17, 15) is 4.79 Å². The van der Waals surface area contributed by atoms with Crippen LogP contribution in [0.1, 0.15) is 9.67 Å². The van der Waals surface area contributed by atoms with Gasteiger partial charge in [0, 0.05) is 23.3 Å². The van der Waals surface area contributed by atoms with Crippen LogP contribution in [0, 0.1) is 0 Å². The zero-order valence-corrected chi connectivity index (χ0v) is 16.6. The van der Waals surface area contributed by atoms with Crippen molar-refractivity contribution < 1.29 is 14.3 Å². The number of carbonyl (C=O) groups excluding carboxylic acids is 1. The summed E-state index contributed by atoms with van der Waals surface area (Å²) in [6, 6.07) is 11.3. The van der Waals surface area contributed by atoms with E-state index < -0.39 is 5.91 Å². The molecular weight excluding hydrogens is 388 g/mol. The number of thiophene rings is 1. The van der Waals surface area contributed by atoms with Gasteiger partial charge in [-0.25, -0.2) is 4.98 Å². The predicted molar refractivity (Wildman–Crippen MR) is 114 cm³/mol. The lowest BCUT2D eigenvalue weighted by Gasteiger charge is -2.12. The van der Waals surface area contributed by atoms with Gasteiger partial charge in [0.2, 0.25) is 0 Å². The van der Waals surface area contributed by atoms with E-state index in [0.717, 1.165) is 16.7 Å². The minimum Gasteiger partial charge on any atom is -0.493 e. The third-order valence-electron chi connectivity index (χ3n) is 4.57. The van der Waals surface area contributed by atoms with Crippen LogP contribution in [-0.2, 0) is 0 Å². The summed E-state index contributed by atoms with van der Waals surface area (Å²) in [5, 5.41) is 0.684. The van der Waals surface area contributed by atoms with E-state index in [2.05, 4.69) is 4.98 Å². The molecule has 0 saturated carbocycles. The highest BCUT2D eigenvalue weighted by atomic mass is 32.1. The molecule has 0 unspecified atom stereocenters. The number of nitrogen functional groups attached to an aromatic ring is 1. The molecule has 4 aromatic rings. The first-order valence-electron chi connectivity index (χ1n) is 8.69. The van der Waals surface area contributed by atoms with Crippen LogP contribution in [0.5, 0.6) is 11.5 Å². The summed E-state index contributed by atoms with van der Waals surface area (Å²) >= 11 is 1.18. The number of nitrogens with two attached hydrogens (primary N) is 2. The molecule has 0 aliphatic rings. The summed E-state index contributed by atoms with van der Waals surface area (Å²) in [5.74, 6) is 0.624. The lowest BCUT2D eigenvalue weighted by atomic mass is 9.99. The number of hydrogen-bond donors (Lipinski definition) is 2. The van der Waals surface area contributed by atoms with E-state index in [1.165, 1.54) is 11.3 Å². The van der Waals surface area contributed by atoms with Gasteiger partial charge in [-0.2, -0.15) is 0 Å². The van der Waals surface area contributed by atoms with Crippen LogP contribution in [0.15, 0.2) is 48.8 Å². The molecule has 4 rings (SSSR count). The Morgan fingerprint density at radius 2 is 1.86 bits per heavy atom. The van der Waals surface area contributed by atoms with E-state index in [-0.39, 0.29) is 4.88 Å². The van der Waals surface area contributed by atoms with E-state index >= 15 is 0 Å². The minimum absolute atomic E-state index is 0.289. The molecule has 7 nitrogen and oxygen atoms in total. The Bertz CT molecular complexity index is 1220. The van der Waals surface area contributed by atoms with Crippen molar-refractivity contribution in [2.24, 2.45) is 5.73 Å². The highest BCUT2D eigenvalue weighted by molar-refractivity contribution is 7.21. The number of nitrogens with zero attached hydrogens (tertiary/aromatic N) is 2. The monoisotopic (exact) mass is 406 g/mol. The summed E-state index contributed by atoms with van der Waals surface area (Å²) in [7, 11) is 3.16. The average molecular weight is 406 g/mol. The van der Waals surface area contributed by atoms with E-state index in [1.54, 1.807) is 26.6 Å². The number of benzene rings is 1. The highest BCUT2D eigenvalue weighted by Gasteiger charge is 2.21. The largest absolute Gasteiger partial charge is 0.493 e. The van der Waals surface area contributed by atoms with Crippen LogP contribution < -0.4 is 20.9 Å². The van der Waals surface area contributed by atoms with Gasteiger partial charge in [-0.15, -0.1) is 11.3 Å². The smallest absolute Gasteiger partial charge is 0.260 e. The van der Waals surface area contributed by atoms with Crippen LogP contribution in [-0.4, -0.2) is 30.1 Å². The number of ether oxygens (including phenoxy) is 2. The van der Waals surface area contributed by atoms with Gasteiger partial charge in [0.15, 0.2) is 11.5 Å². The molecule has 4 N–H and O–H groups in total. The molecule has 3 aromatic heterocycles. The fourth-order valence-corrected chi connectivity index (χ4v) is 4.17. The van der Waals surface area contributed by atoms with Gasteiger partial charge in [0.1, 0.15) is 9.71 Å². The molecule has 1 aromatic carbocycles. The van der Waals surface area contributed by atoms with Gasteiger partial charge in [-0.05, 0) is 41.5 Å². The maximum Gasteiger partial charge on any atom is 0.260 e. The molecule has 0 atom stereocenters. The fourth-order valence-electron chi connectivity index (χ4n) is 3.20. The van der Waals surface area contributed by atoms with Crippen molar-refractivity contribution in [2.45, 2.75) is 0 Å². The maximum absolute atomic E-state index is 11.9. The van der Waals surface area contributed by atoms with E-state index in [1.807, 2.05) is 36.4 Å². The summed E-state index contributed by atoms with van der Waals surface area (Å²) in [5.41, 5.74) is 15.4. The SMILES string of the molecule is COc1ccc(-c2cc(-c3cccnc3)nc3sc(C(N)=O)c(N)c23)cc1OC. The predicted octanol–water partition coefficient (Wildman–Crippen LogP) is 3.72. The van der Waals surface area contributed by atoms with Crippen LogP contribution in [0.2, 0.25) is 0 Å². The highest BCUT2D eigenvalue weighted by Crippen LogP contribution is 2.42. The molecule has 0 spiro atoms. The normalized spacial score (nSPS) is 10.8. The molecule has 1 amide bonds. The second-order valence-electron chi connectivity index (χ2n) is 6.26. The average Bonchev–Trinajstić information content (AvgIpc) is 3.10. The molecule has 146 valence electrons. The van der Waals surface area contributed by atoms with Crippen LogP contribution in [0.3, 0.4) is 0 Å². The second-order valence-corrected chi connectivity index (χ2v) is 7.25. The molecule has 3 heterocycles. The third kappa shape index (κ3) is 3.23. The Hall–Kier alpha value is -3.65. The minimum atomic E-state index is -0.577. The molecule has 0 radical (unpaired) electrons. The van der Waals surface area contributed by atoms with Crippen molar-refractivity contribution in [3.8, 4) is 33.9 Å². The van der Waals surface area contributed by atoms with Gasteiger partial charge in [0.25, 0.3) is 5.91 Å². The summed E-state index contributed by atoms with van der Waals surface area (Å²) in [4.78, 5) is 21.7. The first kappa shape index (κ1) is 18.7. The maximum atomic E-state index is 11.9. The Balaban J connectivity index is 2.04. The van der Waals surface area contributed by atoms with Crippen molar-refractivity contribution in [1.82, 2.24) is 9.97 Å². The fraction of sp³-hybridized carbons (Fsp3) is 0.0952. The van der Waals surface area contributed by atoms with Crippen LogP contribution in [0.4, 0.5) is 5.69 Å². The topological polar surface area (TPSA) is 113 Å². The number of primary amides is 1. The number of fused-ring (bicyclic) bond motifs is 1. The van der Waals surface area contributed by atoms with Crippen molar-refractivity contribution >= 4 is 33.1 Å². The molecule has 0 saturated heterocycles. The van der Waals surface area contributed by atoms with Gasteiger partial charge in [0.05, 0.1) is 25.6 Å². The summed E-state index contributed by atoms with van der Waals surface area (Å²) < 4.78 is 10.8. The zero-order chi connectivity index (χ0) is 20.5. The molecule has 29 heavy (non-hydrogen) atoms. The van der Waals surface area contributed by atoms with Gasteiger partial charge in [-0.1, -0.05) is 6.07 Å². The number of methoxy groups -OCH3 is 2. The van der Waals surface area contributed by atoms with Gasteiger partial charge >= 0.3 is 0 Å². The quantitative estimate of drug-likeness (QED) is 0.522. The molecule has 8 heteroatoms. The molecule has 0 bridgehead atoms. The van der Waals surface area contributed by atoms with Crippen LogP contribution in [0.25, 0.3) is 32.6 Å². The van der Waals surface area contributed by atoms with Crippen molar-refractivity contribution in [3.63, 3.8) is 0 Å².